The van der Waals surface area contributed by atoms with Crippen molar-refractivity contribution in [3.05, 3.63) is 70.3 Å². The highest BCUT2D eigenvalue weighted by Gasteiger charge is 2.17. The van der Waals surface area contributed by atoms with Crippen LogP contribution in [0.25, 0.3) is 11.3 Å². The Balaban J connectivity index is 1.53. The molecule has 32 heavy (non-hydrogen) atoms. The lowest BCUT2D eigenvalue weighted by Crippen LogP contribution is -2.23. The summed E-state index contributed by atoms with van der Waals surface area (Å²) < 4.78 is 0. The van der Waals surface area contributed by atoms with Gasteiger partial charge in [0.1, 0.15) is 5.69 Å². The van der Waals surface area contributed by atoms with Crippen molar-refractivity contribution in [1.29, 1.82) is 0 Å². The predicted molar refractivity (Wildman–Crippen MR) is 126 cm³/mol. The van der Waals surface area contributed by atoms with Crippen LogP contribution in [-0.2, 0) is 5.41 Å². The van der Waals surface area contributed by atoms with Gasteiger partial charge in [0.05, 0.1) is 5.69 Å². The summed E-state index contributed by atoms with van der Waals surface area (Å²) in [5.41, 5.74) is 2.74. The van der Waals surface area contributed by atoms with Crippen molar-refractivity contribution in [2.45, 2.75) is 38.6 Å². The summed E-state index contributed by atoms with van der Waals surface area (Å²) in [7, 11) is 0. The fourth-order valence-electron chi connectivity index (χ4n) is 3.59. The maximum Gasteiger partial charge on any atom is 0.271 e. The molecular weight excluding hydrogens is 404 g/mol. The Morgan fingerprint density at radius 1 is 1.16 bits per heavy atom. The molecular formula is C24H28N6O2. The van der Waals surface area contributed by atoms with Crippen LogP contribution in [0, 0.1) is 0 Å². The number of H-pyrrole nitrogens is 1. The number of nitrogens with one attached hydrogen (secondary N) is 4. The third-order valence-corrected chi connectivity index (χ3v) is 5.51. The number of aromatic nitrogens is 3. The average molecular weight is 433 g/mol. The number of hydrogen-bond acceptors (Lipinski definition) is 6. The molecule has 0 radical (unpaired) electrons. The van der Waals surface area contributed by atoms with Gasteiger partial charge >= 0.3 is 0 Å². The van der Waals surface area contributed by atoms with E-state index in [1.807, 2.05) is 12.1 Å². The second kappa shape index (κ2) is 8.92. The quantitative estimate of drug-likeness (QED) is 0.493. The van der Waals surface area contributed by atoms with Crippen molar-refractivity contribution in [2.24, 2.45) is 0 Å². The first-order valence-corrected chi connectivity index (χ1v) is 10.7. The predicted octanol–water partition coefficient (Wildman–Crippen LogP) is 3.16. The first kappa shape index (κ1) is 21.7. The molecule has 4 rings (SSSR count). The van der Waals surface area contributed by atoms with E-state index >= 15 is 0 Å². The summed E-state index contributed by atoms with van der Waals surface area (Å²) >= 11 is 0. The molecule has 1 aliphatic rings. The van der Waals surface area contributed by atoms with Crippen molar-refractivity contribution in [3.8, 4) is 11.3 Å². The summed E-state index contributed by atoms with van der Waals surface area (Å²) in [6, 6.07) is 11.1. The van der Waals surface area contributed by atoms with Gasteiger partial charge in [-0.15, -0.1) is 0 Å². The largest absolute Gasteiger partial charge is 0.350 e. The number of hydrogen-bond donors (Lipinski definition) is 4. The monoisotopic (exact) mass is 432 g/mol. The summed E-state index contributed by atoms with van der Waals surface area (Å²) in [6.45, 7) is 8.20. The lowest BCUT2D eigenvalue weighted by atomic mass is 9.87. The van der Waals surface area contributed by atoms with Crippen LogP contribution in [0.2, 0.25) is 0 Å². The Morgan fingerprint density at radius 2 is 1.94 bits per heavy atom. The zero-order valence-corrected chi connectivity index (χ0v) is 18.5. The summed E-state index contributed by atoms with van der Waals surface area (Å²) in [4.78, 5) is 36.6. The van der Waals surface area contributed by atoms with Gasteiger partial charge in [0.25, 0.3) is 11.5 Å². The highest BCUT2D eigenvalue weighted by molar-refractivity contribution is 6.04. The van der Waals surface area contributed by atoms with Gasteiger partial charge in [0, 0.05) is 36.1 Å². The molecule has 3 heterocycles. The van der Waals surface area contributed by atoms with Gasteiger partial charge in [-0.1, -0.05) is 32.9 Å². The Hall–Kier alpha value is -3.52. The van der Waals surface area contributed by atoms with Crippen molar-refractivity contribution < 1.29 is 4.79 Å². The van der Waals surface area contributed by atoms with Crippen LogP contribution >= 0.6 is 0 Å². The Morgan fingerprint density at radius 3 is 2.62 bits per heavy atom. The van der Waals surface area contributed by atoms with Crippen LogP contribution in [0.4, 0.5) is 11.6 Å². The molecule has 1 atom stereocenters. The first-order valence-electron chi connectivity index (χ1n) is 10.7. The highest BCUT2D eigenvalue weighted by atomic mass is 16.2. The number of rotatable bonds is 5. The van der Waals surface area contributed by atoms with Gasteiger partial charge in [-0.2, -0.15) is 0 Å². The molecule has 1 aromatic carbocycles. The number of aromatic amines is 1. The first-order chi connectivity index (χ1) is 15.3. The van der Waals surface area contributed by atoms with Crippen LogP contribution in [0.3, 0.4) is 0 Å². The van der Waals surface area contributed by atoms with Crippen LogP contribution in [0.15, 0.2) is 53.6 Å². The summed E-state index contributed by atoms with van der Waals surface area (Å²) in [6.07, 6.45) is 4.27. The molecule has 8 heteroatoms. The van der Waals surface area contributed by atoms with Gasteiger partial charge in [0.2, 0.25) is 5.95 Å². The zero-order valence-electron chi connectivity index (χ0n) is 18.5. The van der Waals surface area contributed by atoms with Crippen molar-refractivity contribution in [1.82, 2.24) is 20.3 Å². The van der Waals surface area contributed by atoms with E-state index in [9.17, 15) is 9.59 Å². The third kappa shape index (κ3) is 5.03. The van der Waals surface area contributed by atoms with E-state index < -0.39 is 0 Å². The minimum atomic E-state index is -0.377. The average Bonchev–Trinajstić information content (AvgIpc) is 3.28. The Kier molecular flexibility index (Phi) is 6.05. The molecule has 3 aromatic rings. The Bertz CT molecular complexity index is 1160. The molecule has 0 bridgehead atoms. The molecule has 1 aliphatic heterocycles. The van der Waals surface area contributed by atoms with Crippen LogP contribution in [-0.4, -0.2) is 40.0 Å². The Labute approximate surface area is 186 Å². The van der Waals surface area contributed by atoms with Crippen molar-refractivity contribution >= 4 is 17.5 Å². The normalized spacial score (nSPS) is 16.0. The fraction of sp³-hybridized carbons (Fsp3) is 0.333. The highest BCUT2D eigenvalue weighted by Crippen LogP contribution is 2.23. The number of carbonyl (C=O) groups excluding carboxylic acids is 1. The SMILES string of the molecule is CC(C)(C)c1ccc(C(=O)Nc2cc(-c3ccnc(N[C@@H]4CCNC4)n3)c[nH]c2=O)cc1. The van der Waals surface area contributed by atoms with Crippen LogP contribution < -0.4 is 21.5 Å². The molecule has 0 saturated carbocycles. The smallest absolute Gasteiger partial charge is 0.271 e. The second-order valence-electron chi connectivity index (χ2n) is 9.01. The van der Waals surface area contributed by atoms with Crippen LogP contribution in [0.1, 0.15) is 43.1 Å². The van der Waals surface area contributed by atoms with Gasteiger partial charge < -0.3 is 20.9 Å². The topological polar surface area (TPSA) is 112 Å². The van der Waals surface area contributed by atoms with Crippen molar-refractivity contribution in [2.75, 3.05) is 23.7 Å². The minimum absolute atomic E-state index is 0.0000121. The number of anilines is 2. The molecule has 166 valence electrons. The zero-order chi connectivity index (χ0) is 22.7. The van der Waals surface area contributed by atoms with E-state index in [-0.39, 0.29) is 22.6 Å². The maximum atomic E-state index is 12.7. The molecule has 0 aliphatic carbocycles. The van der Waals surface area contributed by atoms with Crippen molar-refractivity contribution in [3.63, 3.8) is 0 Å². The van der Waals surface area contributed by atoms with Gasteiger partial charge in [0.15, 0.2) is 0 Å². The molecule has 0 spiro atoms. The van der Waals surface area contributed by atoms with Gasteiger partial charge in [-0.25, -0.2) is 9.97 Å². The molecule has 0 unspecified atom stereocenters. The number of nitrogens with zero attached hydrogens (tertiary/aromatic N) is 2. The summed E-state index contributed by atoms with van der Waals surface area (Å²) in [5, 5.41) is 9.33. The lowest BCUT2D eigenvalue weighted by molar-refractivity contribution is 0.102. The van der Waals surface area contributed by atoms with E-state index in [1.54, 1.807) is 36.7 Å². The minimum Gasteiger partial charge on any atom is -0.350 e. The molecule has 4 N–H and O–H groups in total. The second-order valence-corrected chi connectivity index (χ2v) is 9.01. The molecule has 1 saturated heterocycles. The van der Waals surface area contributed by atoms with Crippen LogP contribution in [0.5, 0.6) is 0 Å². The summed E-state index contributed by atoms with van der Waals surface area (Å²) in [5.74, 6) is 0.193. The lowest BCUT2D eigenvalue weighted by Gasteiger charge is -2.19. The molecule has 8 nitrogen and oxygen atoms in total. The molecule has 1 amide bonds. The van der Waals surface area contributed by atoms with E-state index in [2.05, 4.69) is 51.7 Å². The van der Waals surface area contributed by atoms with E-state index in [0.29, 0.717) is 28.8 Å². The van der Waals surface area contributed by atoms with Gasteiger partial charge in [-0.05, 0) is 48.2 Å². The number of pyridine rings is 1. The standard InChI is InChI=1S/C24H28N6O2/c1-24(2,3)17-6-4-15(5-7-17)21(31)29-20-12-16(13-27-22(20)32)19-9-11-26-23(30-19)28-18-8-10-25-14-18/h4-7,9,11-13,18,25H,8,10,14H2,1-3H3,(H,27,32)(H,29,31)(H,26,28,30)/t18-/m1/s1. The third-order valence-electron chi connectivity index (χ3n) is 5.51. The number of amides is 1. The number of carbonyl (C=O) groups is 1. The molecule has 2 aromatic heterocycles. The van der Waals surface area contributed by atoms with Gasteiger partial charge in [-0.3, -0.25) is 9.59 Å². The maximum absolute atomic E-state index is 12.7. The molecule has 1 fully saturated rings. The van der Waals surface area contributed by atoms with E-state index in [0.717, 1.165) is 25.1 Å². The fourth-order valence-corrected chi connectivity index (χ4v) is 3.59. The number of benzene rings is 1. The van der Waals surface area contributed by atoms with E-state index in [4.69, 9.17) is 0 Å². The van der Waals surface area contributed by atoms with E-state index in [1.165, 1.54) is 0 Å².